The standard InChI is InChI=1S/C13H21N3OS/c1-9(13(2)5-6-13)16(3)12(17)10-8-18-11(15-10)4-7-14/h8-9H,4-7,14H2,1-3H3. The van der Waals surface area contributed by atoms with E-state index < -0.39 is 0 Å². The van der Waals surface area contributed by atoms with Crippen molar-refractivity contribution in [2.24, 2.45) is 11.1 Å². The zero-order valence-electron chi connectivity index (χ0n) is 11.3. The maximum atomic E-state index is 12.3. The largest absolute Gasteiger partial charge is 0.337 e. The van der Waals surface area contributed by atoms with Gasteiger partial charge in [0.1, 0.15) is 5.69 Å². The summed E-state index contributed by atoms with van der Waals surface area (Å²) in [5, 5.41) is 2.78. The molecule has 1 aromatic heterocycles. The van der Waals surface area contributed by atoms with E-state index in [2.05, 4.69) is 18.8 Å². The number of thiazole rings is 1. The lowest BCUT2D eigenvalue weighted by Gasteiger charge is -2.29. The Hall–Kier alpha value is -0.940. The first kappa shape index (κ1) is 13.5. The highest BCUT2D eigenvalue weighted by Gasteiger charge is 2.45. The second-order valence-corrected chi connectivity index (χ2v) is 6.35. The van der Waals surface area contributed by atoms with Crippen LogP contribution in [0, 0.1) is 5.41 Å². The third-order valence-electron chi connectivity index (χ3n) is 4.08. The number of hydrogen-bond donors (Lipinski definition) is 1. The van der Waals surface area contributed by atoms with Crippen LogP contribution in [-0.2, 0) is 6.42 Å². The van der Waals surface area contributed by atoms with Gasteiger partial charge in [-0.05, 0) is 31.7 Å². The van der Waals surface area contributed by atoms with Crippen molar-refractivity contribution in [2.45, 2.75) is 39.2 Å². The minimum atomic E-state index is 0.0233. The molecule has 0 spiro atoms. The number of nitrogens with zero attached hydrogens (tertiary/aromatic N) is 2. The SMILES string of the molecule is CC(N(C)C(=O)c1csc(CCN)n1)C1(C)CC1. The Balaban J connectivity index is 2.05. The van der Waals surface area contributed by atoms with Crippen LogP contribution >= 0.6 is 11.3 Å². The van der Waals surface area contributed by atoms with E-state index in [1.54, 1.807) is 0 Å². The van der Waals surface area contributed by atoms with E-state index in [0.29, 0.717) is 17.7 Å². The quantitative estimate of drug-likeness (QED) is 0.886. The van der Waals surface area contributed by atoms with Crippen molar-refractivity contribution < 1.29 is 4.79 Å². The maximum Gasteiger partial charge on any atom is 0.273 e. The number of aromatic nitrogens is 1. The third kappa shape index (κ3) is 2.57. The number of amides is 1. The molecule has 0 aliphatic heterocycles. The van der Waals surface area contributed by atoms with Gasteiger partial charge >= 0.3 is 0 Å². The Labute approximate surface area is 112 Å². The number of carbonyl (C=O) groups is 1. The summed E-state index contributed by atoms with van der Waals surface area (Å²) in [6.07, 6.45) is 3.16. The molecule has 0 aromatic carbocycles. The van der Waals surface area contributed by atoms with Gasteiger partial charge in [0.25, 0.3) is 5.91 Å². The summed E-state index contributed by atoms with van der Waals surface area (Å²) in [7, 11) is 1.87. The van der Waals surface area contributed by atoms with Crippen molar-refractivity contribution in [3.05, 3.63) is 16.1 Å². The van der Waals surface area contributed by atoms with Crippen LogP contribution in [0.15, 0.2) is 5.38 Å². The predicted molar refractivity (Wildman–Crippen MR) is 73.8 cm³/mol. The molecule has 5 heteroatoms. The zero-order valence-corrected chi connectivity index (χ0v) is 12.1. The minimum absolute atomic E-state index is 0.0233. The van der Waals surface area contributed by atoms with Crippen molar-refractivity contribution >= 4 is 17.2 Å². The molecule has 1 heterocycles. The molecular weight excluding hydrogens is 246 g/mol. The summed E-state index contributed by atoms with van der Waals surface area (Å²) < 4.78 is 0. The molecule has 100 valence electrons. The molecule has 1 aromatic rings. The summed E-state index contributed by atoms with van der Waals surface area (Å²) in [5.41, 5.74) is 6.35. The van der Waals surface area contributed by atoms with Crippen LogP contribution in [0.5, 0.6) is 0 Å². The lowest BCUT2D eigenvalue weighted by atomic mass is 9.99. The minimum Gasteiger partial charge on any atom is -0.337 e. The summed E-state index contributed by atoms with van der Waals surface area (Å²) in [6, 6.07) is 0.268. The number of hydrogen-bond acceptors (Lipinski definition) is 4. The van der Waals surface area contributed by atoms with E-state index in [-0.39, 0.29) is 11.9 Å². The fourth-order valence-corrected chi connectivity index (χ4v) is 2.87. The molecule has 1 amide bonds. The van der Waals surface area contributed by atoms with Gasteiger partial charge in [0.2, 0.25) is 0 Å². The lowest BCUT2D eigenvalue weighted by Crippen LogP contribution is -2.40. The lowest BCUT2D eigenvalue weighted by molar-refractivity contribution is 0.0679. The zero-order chi connectivity index (χ0) is 13.3. The monoisotopic (exact) mass is 267 g/mol. The van der Waals surface area contributed by atoms with Crippen LogP contribution in [0.25, 0.3) is 0 Å². The van der Waals surface area contributed by atoms with E-state index in [1.807, 2.05) is 17.3 Å². The Kier molecular flexibility index (Phi) is 3.73. The molecule has 0 saturated heterocycles. The number of rotatable bonds is 5. The molecule has 0 bridgehead atoms. The van der Waals surface area contributed by atoms with Gasteiger partial charge in [-0.2, -0.15) is 0 Å². The van der Waals surface area contributed by atoms with Crippen molar-refractivity contribution in [1.29, 1.82) is 0 Å². The van der Waals surface area contributed by atoms with Crippen molar-refractivity contribution in [2.75, 3.05) is 13.6 Å². The van der Waals surface area contributed by atoms with E-state index >= 15 is 0 Å². The average Bonchev–Trinajstić information content (AvgIpc) is 2.93. The Morgan fingerprint density at radius 1 is 1.67 bits per heavy atom. The topological polar surface area (TPSA) is 59.2 Å². The molecule has 1 fully saturated rings. The molecule has 2 rings (SSSR count). The Morgan fingerprint density at radius 2 is 2.33 bits per heavy atom. The highest BCUT2D eigenvalue weighted by atomic mass is 32.1. The average molecular weight is 267 g/mol. The molecule has 1 aliphatic carbocycles. The maximum absolute atomic E-state index is 12.3. The van der Waals surface area contributed by atoms with Gasteiger partial charge in [0.05, 0.1) is 5.01 Å². The molecule has 1 aliphatic rings. The van der Waals surface area contributed by atoms with Crippen molar-refractivity contribution in [3.8, 4) is 0 Å². The Morgan fingerprint density at radius 3 is 2.89 bits per heavy atom. The van der Waals surface area contributed by atoms with Crippen molar-refractivity contribution in [3.63, 3.8) is 0 Å². The van der Waals surface area contributed by atoms with Gasteiger partial charge in [0.15, 0.2) is 0 Å². The number of carbonyl (C=O) groups excluding carboxylic acids is 1. The van der Waals surface area contributed by atoms with Gasteiger partial charge in [0, 0.05) is 24.9 Å². The van der Waals surface area contributed by atoms with E-state index in [9.17, 15) is 4.79 Å². The molecule has 1 atom stereocenters. The highest BCUT2D eigenvalue weighted by molar-refractivity contribution is 7.09. The van der Waals surface area contributed by atoms with Crippen molar-refractivity contribution in [1.82, 2.24) is 9.88 Å². The molecular formula is C13H21N3OS. The smallest absolute Gasteiger partial charge is 0.273 e. The van der Waals surface area contributed by atoms with E-state index in [4.69, 9.17) is 5.73 Å². The third-order valence-corrected chi connectivity index (χ3v) is 4.99. The molecule has 2 N–H and O–H groups in total. The fourth-order valence-electron chi connectivity index (χ4n) is 2.09. The predicted octanol–water partition coefficient (Wildman–Crippen LogP) is 1.90. The molecule has 1 saturated carbocycles. The van der Waals surface area contributed by atoms with Gasteiger partial charge < -0.3 is 10.6 Å². The van der Waals surface area contributed by atoms with Crippen LogP contribution in [0.4, 0.5) is 0 Å². The summed E-state index contributed by atoms with van der Waals surface area (Å²) in [5.74, 6) is 0.0233. The molecule has 4 nitrogen and oxygen atoms in total. The van der Waals surface area contributed by atoms with Gasteiger partial charge in [-0.25, -0.2) is 4.98 Å². The Bertz CT molecular complexity index is 439. The molecule has 0 radical (unpaired) electrons. The highest BCUT2D eigenvalue weighted by Crippen LogP contribution is 2.49. The van der Waals surface area contributed by atoms with Crippen LogP contribution in [0.3, 0.4) is 0 Å². The summed E-state index contributed by atoms with van der Waals surface area (Å²) in [6.45, 7) is 4.94. The van der Waals surface area contributed by atoms with Gasteiger partial charge in [-0.3, -0.25) is 4.79 Å². The van der Waals surface area contributed by atoms with Crippen LogP contribution in [0.2, 0.25) is 0 Å². The van der Waals surface area contributed by atoms with E-state index in [0.717, 1.165) is 11.4 Å². The summed E-state index contributed by atoms with van der Waals surface area (Å²) in [4.78, 5) is 18.5. The second kappa shape index (κ2) is 4.97. The van der Waals surface area contributed by atoms with Gasteiger partial charge in [-0.15, -0.1) is 11.3 Å². The molecule has 18 heavy (non-hydrogen) atoms. The van der Waals surface area contributed by atoms with Crippen LogP contribution in [-0.4, -0.2) is 35.4 Å². The van der Waals surface area contributed by atoms with Gasteiger partial charge in [-0.1, -0.05) is 6.92 Å². The number of nitrogens with two attached hydrogens (primary N) is 1. The first-order chi connectivity index (χ1) is 8.48. The summed E-state index contributed by atoms with van der Waals surface area (Å²) >= 11 is 1.52. The van der Waals surface area contributed by atoms with Crippen LogP contribution in [0.1, 0.15) is 42.2 Å². The first-order valence-electron chi connectivity index (χ1n) is 6.39. The first-order valence-corrected chi connectivity index (χ1v) is 7.27. The van der Waals surface area contributed by atoms with Crippen LogP contribution < -0.4 is 5.73 Å². The normalized spacial score (nSPS) is 18.4. The fraction of sp³-hybridized carbons (Fsp3) is 0.692. The molecule has 1 unspecified atom stereocenters. The van der Waals surface area contributed by atoms with E-state index in [1.165, 1.54) is 24.2 Å². The second-order valence-electron chi connectivity index (χ2n) is 5.41.